The quantitative estimate of drug-likeness (QED) is 0.542. The molecule has 6 heteroatoms. The van der Waals surface area contributed by atoms with E-state index >= 15 is 0 Å². The van der Waals surface area contributed by atoms with Crippen molar-refractivity contribution in [2.75, 3.05) is 6.54 Å². The number of carboxylic acids is 1. The first-order valence-corrected chi connectivity index (χ1v) is 3.21. The van der Waals surface area contributed by atoms with Crippen LogP contribution < -0.4 is 10.4 Å². The lowest BCUT2D eigenvalue weighted by molar-refractivity contribution is -0.344. The van der Waals surface area contributed by atoms with Gasteiger partial charge in [-0.05, 0) is 6.08 Å². The number of halogens is 3. The van der Waals surface area contributed by atoms with Gasteiger partial charge in [-0.25, -0.2) is 0 Å². The van der Waals surface area contributed by atoms with Crippen molar-refractivity contribution in [1.82, 2.24) is 5.32 Å². The van der Waals surface area contributed by atoms with Crippen molar-refractivity contribution in [2.45, 2.75) is 6.18 Å². The third-order valence-electron chi connectivity index (χ3n) is 0.881. The highest BCUT2D eigenvalue weighted by atomic mass is 19.4. The molecule has 0 N–H and O–H groups in total. The Labute approximate surface area is 72.6 Å². The predicted molar refractivity (Wildman–Crippen MR) is 36.3 cm³/mol. The molecule has 0 fully saturated rings. The minimum absolute atomic E-state index is 0.858. The summed E-state index contributed by atoms with van der Waals surface area (Å²) in [6.45, 7) is 0.858. The molecule has 0 saturated carbocycles. The molecule has 1 heterocycles. The number of rotatable bonds is 0. The molecule has 72 valence electrons. The molecule has 1 aliphatic rings. The molecule has 0 bridgehead atoms. The Balaban J connectivity index is 0.000000223. The molecule has 0 aromatic rings. The normalized spacial score (nSPS) is 14.7. The molecular weight excluding hydrogens is 187 g/mol. The maximum absolute atomic E-state index is 10.5. The Morgan fingerprint density at radius 1 is 1.38 bits per heavy atom. The van der Waals surface area contributed by atoms with Crippen LogP contribution in [0.15, 0.2) is 24.4 Å². The monoisotopic (exact) mass is 193 g/mol. The molecule has 3 nitrogen and oxygen atoms in total. The first-order chi connectivity index (χ1) is 5.94. The third-order valence-corrected chi connectivity index (χ3v) is 0.881. The average Bonchev–Trinajstić information content (AvgIpc) is 2.07. The maximum Gasteiger partial charge on any atom is 0.430 e. The predicted octanol–water partition coefficient (Wildman–Crippen LogP) is -0.0271. The van der Waals surface area contributed by atoms with Gasteiger partial charge in [-0.15, -0.1) is 0 Å². The maximum atomic E-state index is 10.5. The number of hydrogen-bond acceptors (Lipinski definition) is 2. The Kier molecular flexibility index (Phi) is 4.83. The van der Waals surface area contributed by atoms with Gasteiger partial charge in [0.25, 0.3) is 0 Å². The average molecular weight is 193 g/mol. The summed E-state index contributed by atoms with van der Waals surface area (Å²) in [6.07, 6.45) is 2.54. The summed E-state index contributed by atoms with van der Waals surface area (Å²) in [5.74, 6) is -3.01. The van der Waals surface area contributed by atoms with Crippen molar-refractivity contribution in [3.8, 4) is 0 Å². The molecule has 2 radical (unpaired) electrons. The second-order valence-electron chi connectivity index (χ2n) is 1.92. The lowest BCUT2D eigenvalue weighted by atomic mass is 10.4. The van der Waals surface area contributed by atoms with Crippen LogP contribution in [-0.2, 0) is 4.79 Å². The molecular formula is C7H6F3NO2. The summed E-state index contributed by atoms with van der Waals surface area (Å²) in [4.78, 5) is 8.78. The van der Waals surface area contributed by atoms with Crippen molar-refractivity contribution in [1.29, 1.82) is 0 Å². The van der Waals surface area contributed by atoms with Crippen molar-refractivity contribution in [2.24, 2.45) is 0 Å². The zero-order valence-corrected chi connectivity index (χ0v) is 6.41. The minimum atomic E-state index is -5.19. The molecule has 13 heavy (non-hydrogen) atoms. The Morgan fingerprint density at radius 3 is 2.00 bits per heavy atom. The van der Waals surface area contributed by atoms with E-state index in [-0.39, 0.29) is 0 Å². The first kappa shape index (κ1) is 11.7. The highest BCUT2D eigenvalue weighted by Gasteiger charge is 2.28. The number of carboxylic acid groups (broad SMARTS) is 1. The van der Waals surface area contributed by atoms with Crippen LogP contribution in [0.1, 0.15) is 0 Å². The largest absolute Gasteiger partial charge is 0.542 e. The van der Waals surface area contributed by atoms with Gasteiger partial charge in [0.1, 0.15) is 5.97 Å². The second kappa shape index (κ2) is 5.36. The zero-order chi connectivity index (χ0) is 10.3. The zero-order valence-electron chi connectivity index (χ0n) is 6.41. The molecule has 0 aromatic heterocycles. The molecule has 0 spiro atoms. The molecule has 1 aliphatic heterocycles. The highest BCUT2D eigenvalue weighted by molar-refractivity contribution is 5.70. The van der Waals surface area contributed by atoms with Crippen LogP contribution in [0, 0.1) is 0 Å². The highest BCUT2D eigenvalue weighted by Crippen LogP contribution is 2.11. The van der Waals surface area contributed by atoms with Crippen LogP contribution in [-0.4, -0.2) is 18.7 Å². The Hall–Kier alpha value is -1.30. The number of carbonyl (C=O) groups is 1. The molecule has 0 aliphatic carbocycles. The fraction of sp³-hybridized carbons (Fsp3) is 0.286. The first-order valence-electron chi connectivity index (χ1n) is 3.21. The van der Waals surface area contributed by atoms with Crippen LogP contribution in [0.3, 0.4) is 0 Å². The minimum Gasteiger partial charge on any atom is -0.542 e. The summed E-state index contributed by atoms with van der Waals surface area (Å²) in [6, 6.07) is 0. The molecule has 1 rings (SSSR count). The van der Waals surface area contributed by atoms with E-state index in [2.05, 4.69) is 5.32 Å². The molecule has 0 unspecified atom stereocenters. The fourth-order valence-corrected chi connectivity index (χ4v) is 0.372. The summed E-state index contributed by atoms with van der Waals surface area (Å²) in [5, 5.41) is 12.7. The number of allylic oxidation sites excluding steroid dienone is 2. The smallest absolute Gasteiger partial charge is 0.430 e. The van der Waals surface area contributed by atoms with Gasteiger partial charge in [0.2, 0.25) is 12.7 Å². The van der Waals surface area contributed by atoms with E-state index in [1.807, 2.05) is 18.2 Å². The number of alkyl halides is 3. The summed E-state index contributed by atoms with van der Waals surface area (Å²) in [5.41, 5.74) is 0. The van der Waals surface area contributed by atoms with Gasteiger partial charge in [0, 0.05) is 6.08 Å². The van der Waals surface area contributed by atoms with Gasteiger partial charge in [-0.2, -0.15) is 13.2 Å². The van der Waals surface area contributed by atoms with Crippen molar-refractivity contribution < 1.29 is 23.1 Å². The van der Waals surface area contributed by atoms with Gasteiger partial charge >= 0.3 is 6.18 Å². The van der Waals surface area contributed by atoms with Crippen molar-refractivity contribution >= 4 is 5.97 Å². The number of aliphatic carboxylic acids is 1. The third kappa shape index (κ3) is 7.07. The van der Waals surface area contributed by atoms with E-state index in [4.69, 9.17) is 9.90 Å². The topological polar surface area (TPSA) is 54.2 Å². The Morgan fingerprint density at radius 2 is 1.92 bits per heavy atom. The second-order valence-corrected chi connectivity index (χ2v) is 1.92. The molecule has 0 amide bonds. The molecule has 0 atom stereocenters. The van der Waals surface area contributed by atoms with Crippen molar-refractivity contribution in [3.63, 3.8) is 0 Å². The van der Waals surface area contributed by atoms with Crippen LogP contribution in [0.4, 0.5) is 13.2 Å². The van der Waals surface area contributed by atoms with E-state index in [0.717, 1.165) is 6.54 Å². The summed E-state index contributed by atoms with van der Waals surface area (Å²) in [7, 11) is 0. The van der Waals surface area contributed by atoms with Crippen LogP contribution in [0.25, 0.3) is 0 Å². The number of nitrogens with zero attached hydrogens (tertiary/aromatic N) is 1. The van der Waals surface area contributed by atoms with Gasteiger partial charge in [0.05, 0.1) is 5.32 Å². The van der Waals surface area contributed by atoms with Crippen LogP contribution >= 0.6 is 0 Å². The lowest BCUT2D eigenvalue weighted by Crippen LogP contribution is -2.37. The summed E-state index contributed by atoms with van der Waals surface area (Å²) < 4.78 is 31.5. The molecule has 0 saturated heterocycles. The number of hydrogen-bond donors (Lipinski definition) is 0. The van der Waals surface area contributed by atoms with Gasteiger partial charge in [-0.3, -0.25) is 0 Å². The fourth-order valence-electron chi connectivity index (χ4n) is 0.372. The van der Waals surface area contributed by atoms with Crippen LogP contribution in [0.2, 0.25) is 0 Å². The summed E-state index contributed by atoms with van der Waals surface area (Å²) >= 11 is 0. The van der Waals surface area contributed by atoms with E-state index in [0.29, 0.717) is 0 Å². The van der Waals surface area contributed by atoms with E-state index < -0.39 is 12.1 Å². The van der Waals surface area contributed by atoms with Crippen molar-refractivity contribution in [3.05, 3.63) is 24.4 Å². The van der Waals surface area contributed by atoms with Gasteiger partial charge in [0.15, 0.2) is 0 Å². The standard InChI is InChI=1S/C5H6N.C2HF3O2/c1-2-4-6-5-3-1;3-2(4,5)1(6)7/h1-4H,5H2;(H,6,7)/q+1;/p-1. The Bertz CT molecular complexity index is 208. The van der Waals surface area contributed by atoms with Crippen LogP contribution in [0.5, 0.6) is 0 Å². The van der Waals surface area contributed by atoms with Gasteiger partial charge < -0.3 is 9.90 Å². The lowest BCUT2D eigenvalue weighted by Gasteiger charge is -2.03. The SMILES string of the molecule is C1=CC[N+]C=C1.O=C([O-])C(F)(F)F. The number of carbonyl (C=O) groups excluding carboxylic acids is 1. The van der Waals surface area contributed by atoms with E-state index in [1.54, 1.807) is 6.20 Å². The molecule has 0 aromatic carbocycles. The van der Waals surface area contributed by atoms with Gasteiger partial charge in [-0.1, -0.05) is 6.08 Å². The van der Waals surface area contributed by atoms with E-state index in [1.165, 1.54) is 0 Å². The van der Waals surface area contributed by atoms with E-state index in [9.17, 15) is 13.2 Å².